The van der Waals surface area contributed by atoms with Crippen LogP contribution in [0.25, 0.3) is 10.9 Å². The molecule has 6 heteroatoms. The van der Waals surface area contributed by atoms with E-state index < -0.39 is 6.04 Å². The highest BCUT2D eigenvalue weighted by Crippen LogP contribution is 2.20. The molecule has 1 unspecified atom stereocenters. The smallest absolute Gasteiger partial charge is 0.279 e. The lowest BCUT2D eigenvalue weighted by atomic mass is 10.0. The van der Waals surface area contributed by atoms with E-state index >= 15 is 0 Å². The molecule has 0 saturated carbocycles. The number of likely N-dealkylation sites (N-methyl/N-ethyl adjacent to an activating group) is 1. The highest BCUT2D eigenvalue weighted by Gasteiger charge is 2.34. The standard InChI is InChI=1S/C39H60N4O2/c1-5-6-7-8-9-10-11-12-13-14-15-16-17-23-28-40-38(44)36(30-33-31-41-35-27-22-21-26-34(33)35)42-39(45)37(43(2,3)4)29-32-24-19-18-20-25-32/h18-22,24-27,31,36-37,41H,5-17,23,28-30H2,1-4H3,(H-,40,42,44,45)/p+1/t36-,37?/m0/s1. The summed E-state index contributed by atoms with van der Waals surface area (Å²) >= 11 is 0. The quantitative estimate of drug-likeness (QED) is 0.0743. The number of fused-ring (bicyclic) bond motifs is 1. The second kappa shape index (κ2) is 20.1. The number of aromatic nitrogens is 1. The predicted molar refractivity (Wildman–Crippen MR) is 189 cm³/mol. The van der Waals surface area contributed by atoms with Crippen LogP contribution in [0.4, 0.5) is 0 Å². The van der Waals surface area contributed by atoms with Crippen LogP contribution in [0.5, 0.6) is 0 Å². The van der Waals surface area contributed by atoms with Gasteiger partial charge in [0, 0.05) is 36.5 Å². The third-order valence-corrected chi connectivity index (χ3v) is 9.07. The van der Waals surface area contributed by atoms with Crippen molar-refractivity contribution in [2.75, 3.05) is 27.7 Å². The summed E-state index contributed by atoms with van der Waals surface area (Å²) in [6.07, 6.45) is 21.3. The fourth-order valence-electron chi connectivity index (χ4n) is 6.21. The van der Waals surface area contributed by atoms with Gasteiger partial charge in [0.1, 0.15) is 6.04 Å². The molecule has 248 valence electrons. The van der Waals surface area contributed by atoms with Crippen molar-refractivity contribution in [2.45, 2.75) is 122 Å². The zero-order chi connectivity index (χ0) is 32.3. The van der Waals surface area contributed by atoms with Gasteiger partial charge in [0.2, 0.25) is 5.91 Å². The molecule has 1 heterocycles. The summed E-state index contributed by atoms with van der Waals surface area (Å²) < 4.78 is 0.473. The monoisotopic (exact) mass is 617 g/mol. The van der Waals surface area contributed by atoms with Crippen LogP contribution in [-0.2, 0) is 22.4 Å². The Hall–Kier alpha value is -3.12. The number of rotatable bonds is 23. The number of nitrogens with one attached hydrogen (secondary N) is 3. The minimum absolute atomic E-state index is 0.0946. The van der Waals surface area contributed by atoms with Gasteiger partial charge in [0.25, 0.3) is 5.91 Å². The van der Waals surface area contributed by atoms with Gasteiger partial charge in [-0.15, -0.1) is 0 Å². The van der Waals surface area contributed by atoms with Crippen molar-refractivity contribution in [1.29, 1.82) is 0 Å². The van der Waals surface area contributed by atoms with Gasteiger partial charge in [-0.3, -0.25) is 9.59 Å². The van der Waals surface area contributed by atoms with Crippen molar-refractivity contribution in [1.82, 2.24) is 15.6 Å². The summed E-state index contributed by atoms with van der Waals surface area (Å²) in [7, 11) is 6.12. The topological polar surface area (TPSA) is 74.0 Å². The predicted octanol–water partition coefficient (Wildman–Crippen LogP) is 8.11. The van der Waals surface area contributed by atoms with Crippen LogP contribution in [0.1, 0.15) is 108 Å². The van der Waals surface area contributed by atoms with E-state index in [1.165, 1.54) is 77.0 Å². The third-order valence-electron chi connectivity index (χ3n) is 9.07. The number of carbonyl (C=O) groups is 2. The van der Waals surface area contributed by atoms with Crippen LogP contribution in [0.2, 0.25) is 0 Å². The molecule has 1 aromatic heterocycles. The number of H-pyrrole nitrogens is 1. The van der Waals surface area contributed by atoms with E-state index in [-0.39, 0.29) is 17.9 Å². The van der Waals surface area contributed by atoms with Gasteiger partial charge in [-0.2, -0.15) is 0 Å². The second-order valence-electron chi connectivity index (χ2n) is 13.8. The summed E-state index contributed by atoms with van der Waals surface area (Å²) in [5.74, 6) is -0.203. The lowest BCUT2D eigenvalue weighted by molar-refractivity contribution is -0.886. The largest absolute Gasteiger partial charge is 0.361 e. The number of hydrogen-bond acceptors (Lipinski definition) is 2. The summed E-state index contributed by atoms with van der Waals surface area (Å²) in [5.41, 5.74) is 3.18. The molecular formula is C39H61N4O2+. The first-order chi connectivity index (χ1) is 21.8. The molecule has 3 rings (SSSR count). The van der Waals surface area contributed by atoms with E-state index in [9.17, 15) is 9.59 Å². The molecule has 2 aromatic carbocycles. The number of benzene rings is 2. The maximum Gasteiger partial charge on any atom is 0.279 e. The normalized spacial score (nSPS) is 13.1. The van der Waals surface area contributed by atoms with E-state index in [0.717, 1.165) is 34.9 Å². The van der Waals surface area contributed by atoms with E-state index in [4.69, 9.17) is 0 Å². The summed E-state index contributed by atoms with van der Waals surface area (Å²) in [6.45, 7) is 2.91. The van der Waals surface area contributed by atoms with Crippen molar-refractivity contribution in [3.8, 4) is 0 Å². The maximum atomic E-state index is 13.8. The fourth-order valence-corrected chi connectivity index (χ4v) is 6.21. The molecule has 0 bridgehead atoms. The number of carbonyl (C=O) groups excluding carboxylic acids is 2. The molecule has 3 N–H and O–H groups in total. The summed E-state index contributed by atoms with van der Waals surface area (Å²) in [6, 6.07) is 17.3. The Morgan fingerprint density at radius 1 is 0.689 bits per heavy atom. The van der Waals surface area contributed by atoms with Crippen LogP contribution in [0.15, 0.2) is 60.8 Å². The van der Waals surface area contributed by atoms with Crippen LogP contribution < -0.4 is 10.6 Å². The van der Waals surface area contributed by atoms with E-state index in [0.29, 0.717) is 23.9 Å². The molecule has 2 atom stereocenters. The molecule has 0 aliphatic heterocycles. The van der Waals surface area contributed by atoms with E-state index in [1.807, 2.05) is 63.7 Å². The van der Waals surface area contributed by atoms with Gasteiger partial charge in [-0.1, -0.05) is 139 Å². The lowest BCUT2D eigenvalue weighted by Gasteiger charge is -2.34. The highest BCUT2D eigenvalue weighted by atomic mass is 16.2. The lowest BCUT2D eigenvalue weighted by Crippen LogP contribution is -2.59. The van der Waals surface area contributed by atoms with Gasteiger partial charge in [0.05, 0.1) is 21.1 Å². The molecule has 0 aliphatic carbocycles. The molecule has 6 nitrogen and oxygen atoms in total. The fraction of sp³-hybridized carbons (Fsp3) is 0.590. The minimum atomic E-state index is -0.645. The Bertz CT molecular complexity index is 1250. The SMILES string of the molecule is CCCCCCCCCCCCCCCCNC(=O)[C@H](Cc1c[nH]c2ccccc12)NC(=O)C(Cc1ccccc1)[N+](C)(C)C. The maximum absolute atomic E-state index is 13.8. The zero-order valence-corrected chi connectivity index (χ0v) is 28.7. The molecular weight excluding hydrogens is 556 g/mol. The van der Waals surface area contributed by atoms with E-state index in [1.54, 1.807) is 0 Å². The molecule has 0 spiro atoms. The molecule has 0 saturated heterocycles. The van der Waals surface area contributed by atoms with Gasteiger partial charge in [0.15, 0.2) is 6.04 Å². The van der Waals surface area contributed by atoms with Crippen LogP contribution in [0.3, 0.4) is 0 Å². The number of nitrogens with zero attached hydrogens (tertiary/aromatic N) is 1. The molecule has 0 aliphatic rings. The van der Waals surface area contributed by atoms with Crippen molar-refractivity contribution in [3.05, 3.63) is 71.9 Å². The first-order valence-electron chi connectivity index (χ1n) is 17.8. The van der Waals surface area contributed by atoms with Gasteiger partial charge in [-0.05, 0) is 23.6 Å². The van der Waals surface area contributed by atoms with Crippen molar-refractivity contribution in [2.24, 2.45) is 0 Å². The van der Waals surface area contributed by atoms with Crippen LogP contribution in [-0.4, -0.2) is 61.1 Å². The van der Waals surface area contributed by atoms with Gasteiger partial charge < -0.3 is 20.1 Å². The van der Waals surface area contributed by atoms with Crippen molar-refractivity contribution < 1.29 is 14.1 Å². The molecule has 2 amide bonds. The molecule has 0 fully saturated rings. The van der Waals surface area contributed by atoms with Gasteiger partial charge in [-0.25, -0.2) is 0 Å². The first-order valence-corrected chi connectivity index (χ1v) is 17.8. The number of hydrogen-bond donors (Lipinski definition) is 3. The van der Waals surface area contributed by atoms with E-state index in [2.05, 4.69) is 40.7 Å². The summed E-state index contributed by atoms with van der Waals surface area (Å²) in [4.78, 5) is 30.7. The molecule has 45 heavy (non-hydrogen) atoms. The highest BCUT2D eigenvalue weighted by molar-refractivity contribution is 5.91. The Labute approximate surface area is 273 Å². The van der Waals surface area contributed by atoms with Crippen molar-refractivity contribution >= 4 is 22.7 Å². The number of aromatic amines is 1. The van der Waals surface area contributed by atoms with Crippen LogP contribution >= 0.6 is 0 Å². The Morgan fingerprint density at radius 3 is 1.84 bits per heavy atom. The number of unbranched alkanes of at least 4 members (excludes halogenated alkanes) is 13. The summed E-state index contributed by atoms with van der Waals surface area (Å²) in [5, 5.41) is 7.41. The van der Waals surface area contributed by atoms with Crippen LogP contribution in [0, 0.1) is 0 Å². The number of quaternary nitrogens is 1. The second-order valence-corrected chi connectivity index (χ2v) is 13.8. The average Bonchev–Trinajstić information content (AvgIpc) is 3.44. The Balaban J connectivity index is 1.47. The number of para-hydroxylation sites is 1. The molecule has 3 aromatic rings. The number of amides is 2. The Morgan fingerprint density at radius 2 is 1.24 bits per heavy atom. The van der Waals surface area contributed by atoms with Crippen molar-refractivity contribution in [3.63, 3.8) is 0 Å². The molecule has 0 radical (unpaired) electrons. The first kappa shape index (κ1) is 36.3. The average molecular weight is 618 g/mol. The minimum Gasteiger partial charge on any atom is -0.361 e. The Kier molecular flexibility index (Phi) is 16.2. The third kappa shape index (κ3) is 13.4. The van der Waals surface area contributed by atoms with Gasteiger partial charge >= 0.3 is 0 Å². The zero-order valence-electron chi connectivity index (χ0n) is 28.7.